The molecule has 3 aromatic rings. The summed E-state index contributed by atoms with van der Waals surface area (Å²) in [6, 6.07) is 15.9. The summed E-state index contributed by atoms with van der Waals surface area (Å²) in [7, 11) is -2.40. The number of aromatic nitrogens is 2. The Balaban J connectivity index is 1.46. The molecule has 1 N–H and O–H groups in total. The van der Waals surface area contributed by atoms with E-state index in [1.165, 1.54) is 17.5 Å². The highest BCUT2D eigenvalue weighted by Crippen LogP contribution is 2.40. The highest BCUT2D eigenvalue weighted by atomic mass is 32.2. The van der Waals surface area contributed by atoms with Crippen molar-refractivity contribution in [1.29, 1.82) is 0 Å². The Hall–Kier alpha value is -3.21. The van der Waals surface area contributed by atoms with Gasteiger partial charge in [-0.1, -0.05) is 18.2 Å². The average Bonchev–Trinajstić information content (AvgIpc) is 3.63. The standard InChI is InChI=1S/C24H26N4O5S/c1-32-22-10-9-18(15-23(22)34(30,31)27-11-13-33-14-12-27)25-24(29)21-16-20(17-7-8-17)26-28(21)19-5-3-2-4-6-19/h2-6,9-10,15-17H,7-8,11-14H2,1H3,(H,25,29). The lowest BCUT2D eigenvalue weighted by Gasteiger charge is -2.26. The van der Waals surface area contributed by atoms with Crippen LogP contribution < -0.4 is 10.1 Å². The molecular formula is C24H26N4O5S. The number of nitrogens with zero attached hydrogens (tertiary/aromatic N) is 3. The molecule has 0 bridgehead atoms. The average molecular weight is 483 g/mol. The Morgan fingerprint density at radius 1 is 1.09 bits per heavy atom. The van der Waals surface area contributed by atoms with Gasteiger partial charge in [0.05, 0.1) is 31.7 Å². The van der Waals surface area contributed by atoms with Gasteiger partial charge >= 0.3 is 0 Å². The van der Waals surface area contributed by atoms with Crippen LogP contribution in [0.5, 0.6) is 5.75 Å². The zero-order valence-electron chi connectivity index (χ0n) is 18.8. The Morgan fingerprint density at radius 3 is 2.50 bits per heavy atom. The van der Waals surface area contributed by atoms with E-state index in [4.69, 9.17) is 9.47 Å². The largest absolute Gasteiger partial charge is 0.495 e. The Labute approximate surface area is 198 Å². The molecule has 5 rings (SSSR count). The van der Waals surface area contributed by atoms with E-state index in [2.05, 4.69) is 10.4 Å². The maximum absolute atomic E-state index is 13.3. The van der Waals surface area contributed by atoms with E-state index in [1.54, 1.807) is 16.8 Å². The minimum absolute atomic E-state index is 0.00457. The molecule has 2 aromatic carbocycles. The van der Waals surface area contributed by atoms with E-state index in [-0.39, 0.29) is 29.6 Å². The summed E-state index contributed by atoms with van der Waals surface area (Å²) in [6.07, 6.45) is 2.13. The molecule has 0 unspecified atom stereocenters. The predicted octanol–water partition coefficient (Wildman–Crippen LogP) is 3.03. The first-order chi connectivity index (χ1) is 16.5. The number of amides is 1. The van der Waals surface area contributed by atoms with Gasteiger partial charge in [0.1, 0.15) is 16.3 Å². The van der Waals surface area contributed by atoms with Crippen molar-refractivity contribution in [2.24, 2.45) is 0 Å². The molecule has 10 heteroatoms. The monoisotopic (exact) mass is 482 g/mol. The van der Waals surface area contributed by atoms with Crippen LogP contribution in [-0.2, 0) is 14.8 Å². The van der Waals surface area contributed by atoms with Gasteiger partial charge in [0.2, 0.25) is 10.0 Å². The summed E-state index contributed by atoms with van der Waals surface area (Å²) in [6.45, 7) is 1.21. The van der Waals surface area contributed by atoms with E-state index < -0.39 is 10.0 Å². The van der Waals surface area contributed by atoms with Crippen molar-refractivity contribution in [3.05, 3.63) is 66.0 Å². The molecule has 1 aliphatic heterocycles. The molecule has 1 aliphatic carbocycles. The number of hydrogen-bond acceptors (Lipinski definition) is 6. The van der Waals surface area contributed by atoms with Crippen molar-refractivity contribution in [1.82, 2.24) is 14.1 Å². The first-order valence-corrected chi connectivity index (χ1v) is 12.6. The molecule has 1 amide bonds. The number of hydrogen-bond donors (Lipinski definition) is 1. The smallest absolute Gasteiger partial charge is 0.274 e. The molecule has 0 spiro atoms. The number of anilines is 1. The fraction of sp³-hybridized carbons (Fsp3) is 0.333. The zero-order chi connectivity index (χ0) is 23.7. The lowest BCUT2D eigenvalue weighted by atomic mass is 10.2. The third kappa shape index (κ3) is 4.44. The van der Waals surface area contributed by atoms with Crippen molar-refractivity contribution in [2.75, 3.05) is 38.7 Å². The number of benzene rings is 2. The number of sulfonamides is 1. The van der Waals surface area contributed by atoms with Crippen molar-refractivity contribution in [3.63, 3.8) is 0 Å². The van der Waals surface area contributed by atoms with Crippen LogP contribution in [0.2, 0.25) is 0 Å². The molecular weight excluding hydrogens is 456 g/mol. The van der Waals surface area contributed by atoms with Gasteiger partial charge in [-0.15, -0.1) is 0 Å². The van der Waals surface area contributed by atoms with Gasteiger partial charge in [0.15, 0.2) is 0 Å². The number of nitrogens with one attached hydrogen (secondary N) is 1. The van der Waals surface area contributed by atoms with Crippen LogP contribution in [0.1, 0.15) is 34.9 Å². The van der Waals surface area contributed by atoms with E-state index in [0.717, 1.165) is 24.2 Å². The molecule has 2 fully saturated rings. The molecule has 0 atom stereocenters. The number of rotatable bonds is 7. The normalized spacial score (nSPS) is 16.9. The quantitative estimate of drug-likeness (QED) is 0.555. The Kier molecular flexibility index (Phi) is 6.11. The number of carbonyl (C=O) groups excluding carboxylic acids is 1. The number of morpholine rings is 1. The fourth-order valence-corrected chi connectivity index (χ4v) is 5.57. The van der Waals surface area contributed by atoms with E-state index in [1.807, 2.05) is 36.4 Å². The van der Waals surface area contributed by atoms with Crippen LogP contribution in [0.15, 0.2) is 59.5 Å². The van der Waals surface area contributed by atoms with Gasteiger partial charge in [-0.2, -0.15) is 9.40 Å². The summed E-state index contributed by atoms with van der Waals surface area (Å²) in [5.74, 6) is 0.223. The second-order valence-corrected chi connectivity index (χ2v) is 10.2. The maximum Gasteiger partial charge on any atom is 0.274 e. The number of methoxy groups -OCH3 is 1. The second kappa shape index (κ2) is 9.21. The summed E-state index contributed by atoms with van der Waals surface area (Å²) >= 11 is 0. The fourth-order valence-electron chi connectivity index (χ4n) is 3.98. The Bertz CT molecular complexity index is 1300. The van der Waals surface area contributed by atoms with Gasteiger partial charge < -0.3 is 14.8 Å². The summed E-state index contributed by atoms with van der Waals surface area (Å²) < 4.78 is 40.1. The number of carbonyl (C=O) groups is 1. The van der Waals surface area contributed by atoms with Crippen LogP contribution in [-0.4, -0.2) is 61.8 Å². The molecule has 9 nitrogen and oxygen atoms in total. The van der Waals surface area contributed by atoms with Gasteiger partial charge in [0, 0.05) is 24.7 Å². The summed E-state index contributed by atoms with van der Waals surface area (Å²) in [4.78, 5) is 13.3. The van der Waals surface area contributed by atoms with Gasteiger partial charge in [-0.25, -0.2) is 13.1 Å². The first kappa shape index (κ1) is 22.6. The molecule has 1 saturated carbocycles. The lowest BCUT2D eigenvalue weighted by Crippen LogP contribution is -2.40. The van der Waals surface area contributed by atoms with E-state index in [0.29, 0.717) is 30.5 Å². The third-order valence-electron chi connectivity index (χ3n) is 5.97. The molecule has 1 aromatic heterocycles. The third-order valence-corrected chi connectivity index (χ3v) is 7.89. The molecule has 0 radical (unpaired) electrons. The van der Waals surface area contributed by atoms with Crippen LogP contribution in [0.4, 0.5) is 5.69 Å². The van der Waals surface area contributed by atoms with Crippen molar-refractivity contribution in [3.8, 4) is 11.4 Å². The van der Waals surface area contributed by atoms with Crippen LogP contribution in [0, 0.1) is 0 Å². The topological polar surface area (TPSA) is 103 Å². The highest BCUT2D eigenvalue weighted by molar-refractivity contribution is 7.89. The Morgan fingerprint density at radius 2 is 1.82 bits per heavy atom. The number of ether oxygens (including phenoxy) is 2. The maximum atomic E-state index is 13.3. The van der Waals surface area contributed by atoms with Crippen LogP contribution in [0.25, 0.3) is 5.69 Å². The summed E-state index contributed by atoms with van der Waals surface area (Å²) in [5, 5.41) is 7.52. The van der Waals surface area contributed by atoms with Gasteiger partial charge in [-0.05, 0) is 49.2 Å². The second-order valence-electron chi connectivity index (χ2n) is 8.31. The van der Waals surface area contributed by atoms with Crippen molar-refractivity contribution in [2.45, 2.75) is 23.7 Å². The van der Waals surface area contributed by atoms with Crippen molar-refractivity contribution >= 4 is 21.6 Å². The SMILES string of the molecule is COc1ccc(NC(=O)c2cc(C3CC3)nn2-c2ccccc2)cc1S(=O)(=O)N1CCOCC1. The van der Waals surface area contributed by atoms with E-state index in [9.17, 15) is 13.2 Å². The summed E-state index contributed by atoms with van der Waals surface area (Å²) in [5.41, 5.74) is 2.41. The van der Waals surface area contributed by atoms with Crippen molar-refractivity contribution < 1.29 is 22.7 Å². The lowest BCUT2D eigenvalue weighted by molar-refractivity contribution is 0.0729. The van der Waals surface area contributed by atoms with E-state index >= 15 is 0 Å². The predicted molar refractivity (Wildman–Crippen MR) is 126 cm³/mol. The minimum Gasteiger partial charge on any atom is -0.495 e. The van der Waals surface area contributed by atoms with Crippen LogP contribution in [0.3, 0.4) is 0 Å². The van der Waals surface area contributed by atoms with Crippen LogP contribution >= 0.6 is 0 Å². The number of para-hydroxylation sites is 1. The van der Waals surface area contributed by atoms with Gasteiger partial charge in [-0.3, -0.25) is 4.79 Å². The first-order valence-electron chi connectivity index (χ1n) is 11.2. The molecule has 2 heterocycles. The molecule has 1 saturated heterocycles. The molecule has 178 valence electrons. The highest BCUT2D eigenvalue weighted by Gasteiger charge is 2.31. The minimum atomic E-state index is -3.82. The zero-order valence-corrected chi connectivity index (χ0v) is 19.6. The molecule has 2 aliphatic rings. The van der Waals surface area contributed by atoms with Gasteiger partial charge in [0.25, 0.3) is 5.91 Å². The molecule has 34 heavy (non-hydrogen) atoms.